The Morgan fingerprint density at radius 2 is 0.974 bits per heavy atom. The van der Waals surface area contributed by atoms with E-state index in [9.17, 15) is 0 Å². The lowest BCUT2D eigenvalue weighted by Crippen LogP contribution is -2.43. The van der Waals surface area contributed by atoms with Gasteiger partial charge in [-0.2, -0.15) is 0 Å². The first-order valence-corrected chi connectivity index (χ1v) is 17.3. The van der Waals surface area contributed by atoms with Gasteiger partial charge in [0.25, 0.3) is 0 Å². The highest BCUT2D eigenvalue weighted by atomic mass is 28.3. The van der Waals surface area contributed by atoms with E-state index < -0.39 is 8.07 Å². The van der Waals surface area contributed by atoms with E-state index in [1.165, 1.54) is 77.7 Å². The molecule has 2 heterocycles. The number of aryl methyl sites for hydroxylation is 4. The predicted molar refractivity (Wildman–Crippen MR) is 167 cm³/mol. The molecular weight excluding hydrogens is 488 g/mol. The van der Waals surface area contributed by atoms with Gasteiger partial charge in [0.2, 0.25) is 0 Å². The fourth-order valence-electron chi connectivity index (χ4n) is 8.32. The van der Waals surface area contributed by atoms with Crippen molar-refractivity contribution in [2.24, 2.45) is 14.1 Å². The van der Waals surface area contributed by atoms with Gasteiger partial charge >= 0.3 is 0 Å². The lowest BCUT2D eigenvalue weighted by Gasteiger charge is -2.38. The SMILES string of the molecule is Cc1ccc2c(c1)c1c(n2C)C([Si](C)(C)C2c3ccccc3-c3c2n(C)c2ccc(C)cc32)c2ccccc2-1. The van der Waals surface area contributed by atoms with Gasteiger partial charge in [-0.3, -0.25) is 0 Å². The van der Waals surface area contributed by atoms with Crippen LogP contribution in [0, 0.1) is 13.8 Å². The normalized spacial score (nSPS) is 17.5. The maximum absolute atomic E-state index is 2.66. The van der Waals surface area contributed by atoms with Crippen molar-refractivity contribution in [2.75, 3.05) is 0 Å². The minimum atomic E-state index is -2.10. The molecule has 192 valence electrons. The smallest absolute Gasteiger partial charge is 0.0769 e. The van der Waals surface area contributed by atoms with Gasteiger partial charge in [-0.05, 0) is 60.4 Å². The Morgan fingerprint density at radius 3 is 1.41 bits per heavy atom. The molecule has 2 nitrogen and oxygen atoms in total. The van der Waals surface area contributed by atoms with Gasteiger partial charge < -0.3 is 9.13 Å². The third-order valence-corrected chi connectivity index (χ3v) is 14.1. The molecule has 0 N–H and O–H groups in total. The lowest BCUT2D eigenvalue weighted by atomic mass is 10.0. The van der Waals surface area contributed by atoms with Crippen molar-refractivity contribution in [2.45, 2.75) is 38.0 Å². The Bertz CT molecular complexity index is 1860. The molecule has 2 aromatic heterocycles. The van der Waals surface area contributed by atoms with Crippen molar-refractivity contribution in [3.63, 3.8) is 0 Å². The number of hydrogen-bond acceptors (Lipinski definition) is 0. The monoisotopic (exact) mass is 522 g/mol. The molecule has 0 saturated carbocycles. The van der Waals surface area contributed by atoms with Crippen molar-refractivity contribution in [1.29, 1.82) is 0 Å². The van der Waals surface area contributed by atoms with Crippen LogP contribution in [0.1, 0.15) is 44.7 Å². The van der Waals surface area contributed by atoms with E-state index in [0.29, 0.717) is 11.1 Å². The molecule has 0 saturated heterocycles. The molecule has 8 rings (SSSR count). The summed E-state index contributed by atoms with van der Waals surface area (Å²) in [7, 11) is 2.50. The van der Waals surface area contributed by atoms with Gasteiger partial charge in [0.05, 0.1) is 8.07 Å². The molecule has 0 bridgehead atoms. The molecule has 39 heavy (non-hydrogen) atoms. The second-order valence-electron chi connectivity index (χ2n) is 12.5. The lowest BCUT2D eigenvalue weighted by molar-refractivity contribution is 0.825. The molecule has 2 aliphatic rings. The van der Waals surface area contributed by atoms with Crippen molar-refractivity contribution >= 4 is 29.9 Å². The quantitative estimate of drug-likeness (QED) is 0.201. The van der Waals surface area contributed by atoms with E-state index >= 15 is 0 Å². The summed E-state index contributed by atoms with van der Waals surface area (Å²) in [6.07, 6.45) is 0. The molecule has 2 atom stereocenters. The molecule has 0 radical (unpaired) electrons. The minimum absolute atomic E-state index is 0.408. The summed E-state index contributed by atoms with van der Waals surface area (Å²) in [5.74, 6) is 0. The van der Waals surface area contributed by atoms with Crippen molar-refractivity contribution < 1.29 is 0 Å². The van der Waals surface area contributed by atoms with Crippen molar-refractivity contribution in [3.05, 3.63) is 119 Å². The first kappa shape index (κ1) is 23.1. The Balaban J connectivity index is 1.45. The summed E-state index contributed by atoms with van der Waals surface area (Å²) < 4.78 is 5.05. The van der Waals surface area contributed by atoms with Gasteiger partial charge in [-0.25, -0.2) is 0 Å². The van der Waals surface area contributed by atoms with Crippen LogP contribution in [0.2, 0.25) is 13.1 Å². The number of fused-ring (bicyclic) bond motifs is 10. The Kier molecular flexibility index (Phi) is 4.52. The second kappa shape index (κ2) is 7.64. The zero-order chi connectivity index (χ0) is 26.8. The first-order valence-electron chi connectivity index (χ1n) is 14.2. The highest BCUT2D eigenvalue weighted by Crippen LogP contribution is 2.60. The molecule has 0 fully saturated rings. The minimum Gasteiger partial charge on any atom is -0.347 e. The van der Waals surface area contributed by atoms with E-state index in [2.05, 4.69) is 135 Å². The van der Waals surface area contributed by atoms with Crippen LogP contribution in [-0.2, 0) is 14.1 Å². The molecule has 6 aromatic rings. The Morgan fingerprint density at radius 1 is 0.564 bits per heavy atom. The van der Waals surface area contributed by atoms with Crippen LogP contribution in [0.5, 0.6) is 0 Å². The molecule has 0 amide bonds. The van der Waals surface area contributed by atoms with Crippen LogP contribution in [0.25, 0.3) is 44.1 Å². The summed E-state index contributed by atoms with van der Waals surface area (Å²) in [4.78, 5) is 0. The van der Waals surface area contributed by atoms with Crippen LogP contribution in [0.3, 0.4) is 0 Å². The maximum atomic E-state index is 2.66. The van der Waals surface area contributed by atoms with Gasteiger partial charge in [-0.15, -0.1) is 0 Å². The summed E-state index contributed by atoms with van der Waals surface area (Å²) >= 11 is 0. The maximum Gasteiger partial charge on any atom is 0.0769 e. The molecular formula is C36H34N2Si. The van der Waals surface area contributed by atoms with Crippen LogP contribution >= 0.6 is 0 Å². The van der Waals surface area contributed by atoms with E-state index in [4.69, 9.17) is 0 Å². The fourth-order valence-corrected chi connectivity index (χ4v) is 12.8. The molecule has 2 aliphatic carbocycles. The summed E-state index contributed by atoms with van der Waals surface area (Å²) in [6.45, 7) is 9.75. The molecule has 3 heteroatoms. The molecule has 4 aromatic carbocycles. The van der Waals surface area contributed by atoms with Crippen molar-refractivity contribution in [3.8, 4) is 22.3 Å². The van der Waals surface area contributed by atoms with Crippen LogP contribution in [0.4, 0.5) is 0 Å². The number of nitrogens with zero attached hydrogens (tertiary/aromatic N) is 2. The van der Waals surface area contributed by atoms with Crippen molar-refractivity contribution in [1.82, 2.24) is 9.13 Å². The zero-order valence-corrected chi connectivity index (χ0v) is 24.6. The van der Waals surface area contributed by atoms with Gasteiger partial charge in [-0.1, -0.05) is 84.9 Å². The topological polar surface area (TPSA) is 9.86 Å². The predicted octanol–water partition coefficient (Wildman–Crippen LogP) is 9.00. The third-order valence-electron chi connectivity index (χ3n) is 9.92. The highest BCUT2D eigenvalue weighted by molar-refractivity contribution is 6.82. The Hall–Kier alpha value is -3.82. The second-order valence-corrected chi connectivity index (χ2v) is 17.3. The highest BCUT2D eigenvalue weighted by Gasteiger charge is 2.52. The number of hydrogen-bond donors (Lipinski definition) is 0. The van der Waals surface area contributed by atoms with Crippen LogP contribution in [0.15, 0.2) is 84.9 Å². The van der Waals surface area contributed by atoms with E-state index in [1.54, 1.807) is 0 Å². The third kappa shape index (κ3) is 2.81. The summed E-state index contributed by atoms with van der Waals surface area (Å²) in [5.41, 5.74) is 18.1. The molecule has 0 aliphatic heterocycles. The van der Waals surface area contributed by atoms with E-state index in [1.807, 2.05) is 0 Å². The first-order chi connectivity index (χ1) is 18.8. The average molecular weight is 523 g/mol. The van der Waals surface area contributed by atoms with Crippen LogP contribution in [-0.4, -0.2) is 17.2 Å². The molecule has 0 spiro atoms. The van der Waals surface area contributed by atoms with Crippen LogP contribution < -0.4 is 0 Å². The number of aromatic nitrogens is 2. The Labute approximate surface area is 231 Å². The fraction of sp³-hybridized carbons (Fsp3) is 0.222. The largest absolute Gasteiger partial charge is 0.347 e. The standard InChI is InChI=1S/C36H34N2Si/c1-21-15-17-29-27(19-21)31-23-11-7-9-13-25(23)35(33(31)37(29)3)39(5,6)36-26-14-10-8-12-24(26)32-28-20-22(2)16-18-30(28)38(4)34(32)36/h7-20,35-36H,1-6H3. The van der Waals surface area contributed by atoms with Gasteiger partial charge in [0, 0.05) is 69.5 Å². The van der Waals surface area contributed by atoms with E-state index in [-0.39, 0.29) is 0 Å². The molecule has 2 unspecified atom stereocenters. The van der Waals surface area contributed by atoms with E-state index in [0.717, 1.165) is 0 Å². The number of rotatable bonds is 2. The average Bonchev–Trinajstić information content (AvgIpc) is 3.61. The summed E-state index contributed by atoms with van der Waals surface area (Å²) in [5, 5.41) is 2.81. The van der Waals surface area contributed by atoms with Gasteiger partial charge in [0.15, 0.2) is 0 Å². The van der Waals surface area contributed by atoms with Gasteiger partial charge in [0.1, 0.15) is 0 Å². The number of benzene rings is 4. The zero-order valence-electron chi connectivity index (χ0n) is 23.6. The summed E-state index contributed by atoms with van der Waals surface area (Å²) in [6, 6.07) is 32.5.